The topological polar surface area (TPSA) is 93.2 Å². The molecule has 0 saturated carbocycles. The third kappa shape index (κ3) is 2.43. The van der Waals surface area contributed by atoms with Gasteiger partial charge in [0.15, 0.2) is 0 Å². The number of fused-ring (bicyclic) bond motifs is 1. The number of hydrogen-bond acceptors (Lipinski definition) is 5. The number of aromatic nitrogens is 1. The number of para-hydroxylation sites is 1. The van der Waals surface area contributed by atoms with Gasteiger partial charge in [-0.1, -0.05) is 18.2 Å². The van der Waals surface area contributed by atoms with Crippen LogP contribution in [0, 0.1) is 0 Å². The fourth-order valence-corrected chi connectivity index (χ4v) is 1.43. The minimum Gasteiger partial charge on any atom is -0.545 e. The number of nitrogens with zero attached hydrogens (tertiary/aromatic N) is 1. The first-order chi connectivity index (χ1) is 7.59. The molecule has 0 bridgehead atoms. The molecule has 0 aliphatic heterocycles. The van der Waals surface area contributed by atoms with Gasteiger partial charge in [0.25, 0.3) is 0 Å². The van der Waals surface area contributed by atoms with Gasteiger partial charge in [-0.25, -0.2) is 4.98 Å². The fraction of sp³-hybridized carbons (Fsp3) is 0. The van der Waals surface area contributed by atoms with Gasteiger partial charge in [0, 0.05) is 10.9 Å². The van der Waals surface area contributed by atoms with Crippen molar-refractivity contribution in [1.82, 2.24) is 4.98 Å². The Labute approximate surface area is 107 Å². The van der Waals surface area contributed by atoms with E-state index in [9.17, 15) is 19.8 Å². The second-order valence-electron chi connectivity index (χ2n) is 3.15. The number of carboxylic acids is 2. The molecule has 1 aromatic heterocycles. The molecule has 1 radical (unpaired) electrons. The summed E-state index contributed by atoms with van der Waals surface area (Å²) in [6.45, 7) is 0. The van der Waals surface area contributed by atoms with E-state index in [-0.39, 0.29) is 17.1 Å². The van der Waals surface area contributed by atoms with E-state index >= 15 is 0 Å². The van der Waals surface area contributed by atoms with Gasteiger partial charge in [-0.3, -0.25) is 0 Å². The molecule has 85 valence electrons. The number of carbonyl (C=O) groups is 2. The number of benzene rings is 1. The van der Waals surface area contributed by atoms with Crippen molar-refractivity contribution in [3.8, 4) is 0 Å². The van der Waals surface area contributed by atoms with E-state index in [4.69, 9.17) is 0 Å². The third-order valence-corrected chi connectivity index (χ3v) is 2.14. The standard InChI is InChI=1S/C11H7NO4.Mn/c13-10(14)7-5-6-3-1-2-4-8(6)12-9(7)11(15)16;/h1-5H,(H,13,14)(H,15,16);/q;+2/p-2. The van der Waals surface area contributed by atoms with Crippen LogP contribution >= 0.6 is 0 Å². The fourth-order valence-electron chi connectivity index (χ4n) is 1.43. The van der Waals surface area contributed by atoms with Crippen LogP contribution in [0.15, 0.2) is 30.3 Å². The van der Waals surface area contributed by atoms with Gasteiger partial charge in [0.05, 0.1) is 23.1 Å². The first-order valence-corrected chi connectivity index (χ1v) is 4.42. The van der Waals surface area contributed by atoms with Crippen LogP contribution in [0.25, 0.3) is 10.9 Å². The summed E-state index contributed by atoms with van der Waals surface area (Å²) in [5.41, 5.74) is -0.691. The smallest absolute Gasteiger partial charge is 0.545 e. The first-order valence-electron chi connectivity index (χ1n) is 4.42. The van der Waals surface area contributed by atoms with Gasteiger partial charge < -0.3 is 19.8 Å². The van der Waals surface area contributed by atoms with Crippen LogP contribution in [0.5, 0.6) is 0 Å². The molecule has 1 heterocycles. The molecule has 2 rings (SSSR count). The maximum atomic E-state index is 10.7. The SMILES string of the molecule is O=C([O-])c1cc2ccccc2nc1C(=O)[O-].[Mn+2]. The molecule has 6 heteroatoms. The van der Waals surface area contributed by atoms with Gasteiger partial charge in [-0.15, -0.1) is 0 Å². The average Bonchev–Trinajstić information content (AvgIpc) is 2.27. The molecule has 0 aliphatic rings. The Morgan fingerprint density at radius 2 is 1.71 bits per heavy atom. The molecule has 17 heavy (non-hydrogen) atoms. The predicted molar refractivity (Wildman–Crippen MR) is 50.4 cm³/mol. The zero-order chi connectivity index (χ0) is 11.7. The molecule has 0 amide bonds. The number of aromatic carboxylic acids is 2. The van der Waals surface area contributed by atoms with E-state index in [0.29, 0.717) is 10.9 Å². The quantitative estimate of drug-likeness (QED) is 0.650. The zero-order valence-corrected chi connectivity index (χ0v) is 9.53. The zero-order valence-electron chi connectivity index (χ0n) is 8.34. The molecule has 0 spiro atoms. The molecule has 0 atom stereocenters. The van der Waals surface area contributed by atoms with Crippen LogP contribution < -0.4 is 10.2 Å². The van der Waals surface area contributed by atoms with E-state index in [1.54, 1.807) is 24.3 Å². The van der Waals surface area contributed by atoms with Gasteiger partial charge >= 0.3 is 17.1 Å². The number of rotatable bonds is 2. The second kappa shape index (κ2) is 4.95. The summed E-state index contributed by atoms with van der Waals surface area (Å²) in [6.07, 6.45) is 0. The number of pyridine rings is 1. The summed E-state index contributed by atoms with van der Waals surface area (Å²) < 4.78 is 0. The van der Waals surface area contributed by atoms with Crippen molar-refractivity contribution in [2.45, 2.75) is 0 Å². The van der Waals surface area contributed by atoms with E-state index in [0.717, 1.165) is 0 Å². The van der Waals surface area contributed by atoms with Gasteiger partial charge in [-0.05, 0) is 12.1 Å². The normalized spacial score (nSPS) is 9.65. The van der Waals surface area contributed by atoms with Crippen molar-refractivity contribution in [2.24, 2.45) is 0 Å². The number of hydrogen-bond donors (Lipinski definition) is 0. The van der Waals surface area contributed by atoms with Crippen LogP contribution in [-0.4, -0.2) is 16.9 Å². The van der Waals surface area contributed by atoms with Gasteiger partial charge in [0.2, 0.25) is 0 Å². The minimum absolute atomic E-state index is 0. The van der Waals surface area contributed by atoms with Crippen molar-refractivity contribution in [3.05, 3.63) is 41.6 Å². The maximum Gasteiger partial charge on any atom is 2.00 e. The molecule has 0 aliphatic carbocycles. The third-order valence-electron chi connectivity index (χ3n) is 2.14. The van der Waals surface area contributed by atoms with Crippen LogP contribution in [0.3, 0.4) is 0 Å². The van der Waals surface area contributed by atoms with Crippen molar-refractivity contribution in [1.29, 1.82) is 0 Å². The van der Waals surface area contributed by atoms with Gasteiger partial charge in [0.1, 0.15) is 0 Å². The van der Waals surface area contributed by atoms with Crippen LogP contribution in [0.1, 0.15) is 20.8 Å². The van der Waals surface area contributed by atoms with Gasteiger partial charge in [-0.2, -0.15) is 0 Å². The Kier molecular flexibility index (Phi) is 3.83. The Morgan fingerprint density at radius 3 is 2.29 bits per heavy atom. The molecule has 0 fully saturated rings. The Morgan fingerprint density at radius 1 is 1.06 bits per heavy atom. The minimum atomic E-state index is -1.63. The molecule has 2 aromatic rings. The summed E-state index contributed by atoms with van der Waals surface area (Å²) in [5.74, 6) is -3.22. The summed E-state index contributed by atoms with van der Waals surface area (Å²) in [7, 11) is 0. The van der Waals surface area contributed by atoms with Crippen molar-refractivity contribution < 1.29 is 36.9 Å². The van der Waals surface area contributed by atoms with E-state index < -0.39 is 23.2 Å². The van der Waals surface area contributed by atoms with E-state index in [1.165, 1.54) is 6.07 Å². The molecule has 0 unspecified atom stereocenters. The maximum absolute atomic E-state index is 10.7. The van der Waals surface area contributed by atoms with Crippen LogP contribution in [0.2, 0.25) is 0 Å². The Balaban J connectivity index is 0.00000144. The van der Waals surface area contributed by atoms with E-state index in [2.05, 4.69) is 4.98 Å². The largest absolute Gasteiger partial charge is 2.00 e. The first kappa shape index (κ1) is 13.2. The average molecular weight is 270 g/mol. The number of carboxylic acid groups (broad SMARTS) is 2. The molecule has 0 N–H and O–H groups in total. The molecular formula is C11H5MnNO4. The second-order valence-corrected chi connectivity index (χ2v) is 3.15. The molecule has 5 nitrogen and oxygen atoms in total. The summed E-state index contributed by atoms with van der Waals surface area (Å²) >= 11 is 0. The summed E-state index contributed by atoms with van der Waals surface area (Å²) in [6, 6.07) is 7.80. The summed E-state index contributed by atoms with van der Waals surface area (Å²) in [5, 5.41) is 22.0. The van der Waals surface area contributed by atoms with Crippen molar-refractivity contribution >= 4 is 22.8 Å². The van der Waals surface area contributed by atoms with Crippen LogP contribution in [-0.2, 0) is 17.1 Å². The Hall–Kier alpha value is -1.91. The Bertz CT molecular complexity index is 545. The van der Waals surface area contributed by atoms with E-state index in [1.807, 2.05) is 0 Å². The summed E-state index contributed by atoms with van der Waals surface area (Å²) in [4.78, 5) is 25.1. The molecule has 1 aromatic carbocycles. The van der Waals surface area contributed by atoms with Crippen molar-refractivity contribution in [3.63, 3.8) is 0 Å². The monoisotopic (exact) mass is 270 g/mol. The van der Waals surface area contributed by atoms with Crippen molar-refractivity contribution in [2.75, 3.05) is 0 Å². The molecule has 0 saturated heterocycles. The number of carbonyl (C=O) groups excluding carboxylic acids is 2. The van der Waals surface area contributed by atoms with Crippen LogP contribution in [0.4, 0.5) is 0 Å². The molecular weight excluding hydrogens is 265 g/mol. The predicted octanol–water partition coefficient (Wildman–Crippen LogP) is -1.04.